The lowest BCUT2D eigenvalue weighted by molar-refractivity contribution is -0.175. The van der Waals surface area contributed by atoms with Crippen molar-refractivity contribution in [3.8, 4) is 0 Å². The van der Waals surface area contributed by atoms with Gasteiger partial charge in [0.25, 0.3) is 0 Å². The zero-order valence-corrected chi connectivity index (χ0v) is 10.6. The first-order valence-corrected chi connectivity index (χ1v) is 5.75. The van der Waals surface area contributed by atoms with E-state index in [0.29, 0.717) is 0 Å². The van der Waals surface area contributed by atoms with Gasteiger partial charge in [-0.05, 0) is 18.1 Å². The molecule has 0 heterocycles. The molecule has 3 N–H and O–H groups in total. The predicted molar refractivity (Wildman–Crippen MR) is 63.1 cm³/mol. The molecule has 0 saturated heterocycles. The van der Waals surface area contributed by atoms with Gasteiger partial charge in [0.2, 0.25) is 0 Å². The predicted octanol–water partition coefficient (Wildman–Crippen LogP) is 2.43. The van der Waals surface area contributed by atoms with Gasteiger partial charge in [-0.1, -0.05) is 23.7 Å². The highest BCUT2D eigenvalue weighted by atomic mass is 35.5. The first-order chi connectivity index (χ1) is 8.83. The zero-order chi connectivity index (χ0) is 14.5. The Kier molecular flexibility index (Phi) is 5.99. The molecule has 0 radical (unpaired) electrons. The Balaban J connectivity index is 2.55. The third-order valence-corrected chi connectivity index (χ3v) is 2.61. The summed E-state index contributed by atoms with van der Waals surface area (Å²) < 4.78 is 53.8. The fourth-order valence-corrected chi connectivity index (χ4v) is 1.65. The number of nitrogens with two attached hydrogens (primary N) is 1. The maximum absolute atomic E-state index is 13.6. The van der Waals surface area contributed by atoms with Crippen molar-refractivity contribution < 1.29 is 22.3 Å². The molecule has 0 saturated carbocycles. The van der Waals surface area contributed by atoms with Crippen LogP contribution in [0.15, 0.2) is 18.2 Å². The quantitative estimate of drug-likeness (QED) is 0.482. The molecule has 1 aromatic carbocycles. The molecule has 1 unspecified atom stereocenters. The lowest BCUT2D eigenvalue weighted by Crippen LogP contribution is -2.41. The van der Waals surface area contributed by atoms with E-state index in [2.05, 4.69) is 10.2 Å². The highest BCUT2D eigenvalue weighted by molar-refractivity contribution is 6.30. The number of ether oxygens (including phenoxy) is 1. The van der Waals surface area contributed by atoms with Crippen molar-refractivity contribution in [2.24, 2.45) is 5.84 Å². The molecule has 0 aliphatic rings. The van der Waals surface area contributed by atoms with Gasteiger partial charge in [0.1, 0.15) is 12.4 Å². The van der Waals surface area contributed by atoms with Gasteiger partial charge < -0.3 is 4.74 Å². The maximum atomic E-state index is 13.6. The number of hydrogen-bond acceptors (Lipinski definition) is 3. The molecule has 0 spiro atoms. The van der Waals surface area contributed by atoms with Crippen LogP contribution in [0.2, 0.25) is 5.02 Å². The molecule has 0 aromatic heterocycles. The smallest absolute Gasteiger partial charge is 0.370 e. The van der Waals surface area contributed by atoms with Crippen LogP contribution in [0.25, 0.3) is 0 Å². The highest BCUT2D eigenvalue weighted by Gasteiger charge is 2.28. The van der Waals surface area contributed by atoms with Gasteiger partial charge in [-0.15, -0.1) is 0 Å². The van der Waals surface area contributed by atoms with Crippen LogP contribution >= 0.6 is 11.6 Å². The van der Waals surface area contributed by atoms with E-state index in [1.54, 1.807) is 6.07 Å². The fraction of sp³-hybridized carbons (Fsp3) is 0.455. The third kappa shape index (κ3) is 5.73. The average Bonchev–Trinajstić information content (AvgIpc) is 2.32. The summed E-state index contributed by atoms with van der Waals surface area (Å²) >= 11 is 5.60. The summed E-state index contributed by atoms with van der Waals surface area (Å²) in [5.74, 6) is 4.58. The van der Waals surface area contributed by atoms with Crippen molar-refractivity contribution in [2.45, 2.75) is 18.6 Å². The second-order valence-corrected chi connectivity index (χ2v) is 4.32. The molecule has 19 heavy (non-hydrogen) atoms. The standard InChI is InChI=1S/C11H13ClF4N2O/c12-9-3-1-2-7(10(9)13)4-8(18-17)5-19-6-11(14,15)16/h1-3,8,18H,4-6,17H2. The van der Waals surface area contributed by atoms with Crippen molar-refractivity contribution in [2.75, 3.05) is 13.2 Å². The molecular formula is C11H13ClF4N2O. The summed E-state index contributed by atoms with van der Waals surface area (Å²) in [5.41, 5.74) is 2.54. The monoisotopic (exact) mass is 300 g/mol. The second-order valence-electron chi connectivity index (χ2n) is 3.91. The number of rotatable bonds is 6. The SMILES string of the molecule is NNC(COCC(F)(F)F)Cc1cccc(Cl)c1F. The number of hydrazine groups is 1. The van der Waals surface area contributed by atoms with E-state index in [1.165, 1.54) is 12.1 Å². The molecular weight excluding hydrogens is 288 g/mol. The maximum Gasteiger partial charge on any atom is 0.411 e. The van der Waals surface area contributed by atoms with Crippen LogP contribution in [-0.4, -0.2) is 25.4 Å². The lowest BCUT2D eigenvalue weighted by atomic mass is 10.1. The Bertz CT molecular complexity index is 414. The Hall–Kier alpha value is -0.890. The number of hydrogen-bond donors (Lipinski definition) is 2. The van der Waals surface area contributed by atoms with Gasteiger partial charge in [0.05, 0.1) is 11.6 Å². The number of alkyl halides is 3. The summed E-state index contributed by atoms with van der Waals surface area (Å²) in [4.78, 5) is 0. The third-order valence-electron chi connectivity index (χ3n) is 2.32. The normalized spacial score (nSPS) is 13.6. The molecule has 0 bridgehead atoms. The van der Waals surface area contributed by atoms with Gasteiger partial charge in [-0.25, -0.2) is 4.39 Å². The van der Waals surface area contributed by atoms with Crippen molar-refractivity contribution in [1.29, 1.82) is 0 Å². The van der Waals surface area contributed by atoms with Crippen molar-refractivity contribution in [3.63, 3.8) is 0 Å². The van der Waals surface area contributed by atoms with Gasteiger partial charge in [0.15, 0.2) is 0 Å². The molecule has 1 atom stereocenters. The van der Waals surface area contributed by atoms with E-state index in [4.69, 9.17) is 17.4 Å². The largest absolute Gasteiger partial charge is 0.411 e. The minimum absolute atomic E-state index is 0.0514. The van der Waals surface area contributed by atoms with E-state index in [1.807, 2.05) is 0 Å². The number of halogens is 5. The van der Waals surface area contributed by atoms with Crippen LogP contribution in [0, 0.1) is 5.82 Å². The number of nitrogens with one attached hydrogen (secondary N) is 1. The topological polar surface area (TPSA) is 47.3 Å². The Labute approximate surface area is 112 Å². The Morgan fingerprint density at radius 3 is 2.63 bits per heavy atom. The second kappa shape index (κ2) is 7.04. The molecule has 3 nitrogen and oxygen atoms in total. The molecule has 0 aliphatic carbocycles. The van der Waals surface area contributed by atoms with E-state index in [-0.39, 0.29) is 23.6 Å². The van der Waals surface area contributed by atoms with Gasteiger partial charge >= 0.3 is 6.18 Å². The molecule has 0 amide bonds. The minimum atomic E-state index is -4.40. The number of benzene rings is 1. The summed E-state index contributed by atoms with van der Waals surface area (Å²) in [6.07, 6.45) is -4.33. The molecule has 8 heteroatoms. The first kappa shape index (κ1) is 16.2. The average molecular weight is 301 g/mol. The molecule has 1 rings (SSSR count). The minimum Gasteiger partial charge on any atom is -0.370 e. The van der Waals surface area contributed by atoms with Crippen LogP contribution in [0.1, 0.15) is 5.56 Å². The first-order valence-electron chi connectivity index (χ1n) is 5.37. The highest BCUT2D eigenvalue weighted by Crippen LogP contribution is 2.19. The van der Waals surface area contributed by atoms with Crippen LogP contribution in [0.4, 0.5) is 17.6 Å². The van der Waals surface area contributed by atoms with E-state index in [0.717, 1.165) is 0 Å². The van der Waals surface area contributed by atoms with Crippen molar-refractivity contribution in [1.82, 2.24) is 5.43 Å². The summed E-state index contributed by atoms with van der Waals surface area (Å²) in [6, 6.07) is 3.77. The van der Waals surface area contributed by atoms with E-state index in [9.17, 15) is 17.6 Å². The van der Waals surface area contributed by atoms with Gasteiger partial charge in [0, 0.05) is 6.04 Å². The summed E-state index contributed by atoms with van der Waals surface area (Å²) in [6.45, 7) is -1.66. The molecule has 1 aromatic rings. The van der Waals surface area contributed by atoms with Crippen molar-refractivity contribution >= 4 is 11.6 Å². The fourth-order valence-electron chi connectivity index (χ4n) is 1.45. The Morgan fingerprint density at radius 1 is 1.37 bits per heavy atom. The van der Waals surface area contributed by atoms with Gasteiger partial charge in [-0.2, -0.15) is 13.2 Å². The van der Waals surface area contributed by atoms with Gasteiger partial charge in [-0.3, -0.25) is 11.3 Å². The zero-order valence-electron chi connectivity index (χ0n) is 9.81. The van der Waals surface area contributed by atoms with E-state index < -0.39 is 24.6 Å². The lowest BCUT2D eigenvalue weighted by Gasteiger charge is -2.17. The summed E-state index contributed by atoms with van der Waals surface area (Å²) in [5, 5.41) is -0.0514. The van der Waals surface area contributed by atoms with Crippen LogP contribution in [-0.2, 0) is 11.2 Å². The van der Waals surface area contributed by atoms with Crippen molar-refractivity contribution in [3.05, 3.63) is 34.6 Å². The van der Waals surface area contributed by atoms with Crippen LogP contribution in [0.5, 0.6) is 0 Å². The summed E-state index contributed by atoms with van der Waals surface area (Å²) in [7, 11) is 0. The molecule has 0 aliphatic heterocycles. The Morgan fingerprint density at radius 2 is 2.05 bits per heavy atom. The van der Waals surface area contributed by atoms with E-state index >= 15 is 0 Å². The molecule has 0 fully saturated rings. The van der Waals surface area contributed by atoms with Crippen LogP contribution < -0.4 is 11.3 Å². The van der Waals surface area contributed by atoms with Crippen LogP contribution in [0.3, 0.4) is 0 Å². The molecule has 108 valence electrons.